The second kappa shape index (κ2) is 7.76. The summed E-state index contributed by atoms with van der Waals surface area (Å²) in [6.45, 7) is 0. The Labute approximate surface area is 174 Å². The highest BCUT2D eigenvalue weighted by atomic mass is 35.5. The van der Waals surface area contributed by atoms with Crippen molar-refractivity contribution in [2.24, 2.45) is 5.92 Å². The summed E-state index contributed by atoms with van der Waals surface area (Å²) in [4.78, 5) is 4.35. The lowest BCUT2D eigenvalue weighted by molar-refractivity contribution is 0.580. The number of aromatic nitrogens is 1. The van der Waals surface area contributed by atoms with E-state index in [4.69, 9.17) is 11.6 Å². The largest absolute Gasteiger partial charge is 0.611 e. The number of benzene rings is 2. The number of hydrogen-bond donors (Lipinski definition) is 0. The molecule has 0 bridgehead atoms. The van der Waals surface area contributed by atoms with Crippen LogP contribution in [-0.2, 0) is 21.0 Å². The number of thiazole rings is 1. The summed E-state index contributed by atoms with van der Waals surface area (Å²) >= 11 is 5.48. The third kappa shape index (κ3) is 4.11. The molecule has 9 heteroatoms. The van der Waals surface area contributed by atoms with Gasteiger partial charge < -0.3 is 4.55 Å². The van der Waals surface area contributed by atoms with Gasteiger partial charge in [0, 0.05) is 16.5 Å². The van der Waals surface area contributed by atoms with Crippen molar-refractivity contribution in [2.75, 3.05) is 5.75 Å². The normalized spacial score (nSPS) is 15.5. The molecule has 0 amide bonds. The maximum atomic E-state index is 13.2. The summed E-state index contributed by atoms with van der Waals surface area (Å²) in [5.74, 6) is 0.393. The van der Waals surface area contributed by atoms with Gasteiger partial charge in [0.05, 0.1) is 4.90 Å². The van der Waals surface area contributed by atoms with E-state index in [9.17, 15) is 17.4 Å². The van der Waals surface area contributed by atoms with Gasteiger partial charge in [-0.3, -0.25) is 0 Å². The maximum absolute atomic E-state index is 13.2. The molecule has 1 unspecified atom stereocenters. The van der Waals surface area contributed by atoms with Gasteiger partial charge in [0.25, 0.3) is 0 Å². The summed E-state index contributed by atoms with van der Waals surface area (Å²) < 4.78 is 52.7. The molecule has 28 heavy (non-hydrogen) atoms. The fraction of sp³-hybridized carbons (Fsp3) is 0.211. The molecule has 1 aromatic heterocycles. The number of rotatable bonds is 6. The van der Waals surface area contributed by atoms with E-state index in [0.717, 1.165) is 24.2 Å². The highest BCUT2D eigenvalue weighted by Crippen LogP contribution is 2.40. The molecule has 1 aliphatic rings. The zero-order valence-corrected chi connectivity index (χ0v) is 17.7. The minimum Gasteiger partial charge on any atom is -0.611 e. The fourth-order valence-electron chi connectivity index (χ4n) is 2.62. The van der Waals surface area contributed by atoms with Gasteiger partial charge in [0.15, 0.2) is 0 Å². The lowest BCUT2D eigenvalue weighted by Gasteiger charge is -2.09. The molecule has 2 aromatic carbocycles. The highest BCUT2D eigenvalue weighted by molar-refractivity contribution is 7.96. The monoisotopic (exact) mass is 455 g/mol. The Morgan fingerprint density at radius 2 is 1.79 bits per heavy atom. The average Bonchev–Trinajstić information content (AvgIpc) is 3.36. The van der Waals surface area contributed by atoms with Crippen LogP contribution >= 0.6 is 22.9 Å². The van der Waals surface area contributed by atoms with E-state index in [0.29, 0.717) is 27.3 Å². The van der Waals surface area contributed by atoms with Gasteiger partial charge in [0.2, 0.25) is 19.1 Å². The Kier molecular flexibility index (Phi) is 5.50. The van der Waals surface area contributed by atoms with Crippen LogP contribution in [0.4, 0.5) is 4.39 Å². The zero-order chi connectivity index (χ0) is 19.9. The van der Waals surface area contributed by atoms with Crippen molar-refractivity contribution in [1.82, 2.24) is 4.98 Å². The van der Waals surface area contributed by atoms with Gasteiger partial charge in [-0.25, -0.2) is 17.8 Å². The zero-order valence-electron chi connectivity index (χ0n) is 14.5. The van der Waals surface area contributed by atoms with Crippen molar-refractivity contribution in [3.63, 3.8) is 0 Å². The van der Waals surface area contributed by atoms with Gasteiger partial charge in [-0.05, 0) is 72.5 Å². The predicted octanol–water partition coefficient (Wildman–Crippen LogP) is 4.95. The molecule has 3 aromatic rings. The maximum Gasteiger partial charge on any atom is 0.246 e. The molecule has 0 aliphatic heterocycles. The van der Waals surface area contributed by atoms with Crippen molar-refractivity contribution in [1.29, 1.82) is 0 Å². The topological polar surface area (TPSA) is 70.1 Å². The van der Waals surface area contributed by atoms with E-state index in [-0.39, 0.29) is 14.1 Å². The van der Waals surface area contributed by atoms with Gasteiger partial charge >= 0.3 is 0 Å². The van der Waals surface area contributed by atoms with Crippen LogP contribution in [0.3, 0.4) is 0 Å². The standard InChI is InChI=1S/C19H15ClFNO3S3/c20-14-5-9-16(10-6-14)28(24,25)18-19(27(23)11-12-1-2-12)26-17(22-18)13-3-7-15(21)8-4-13/h3-10,12H,1-2,11H2. The van der Waals surface area contributed by atoms with Crippen LogP contribution in [0.2, 0.25) is 5.02 Å². The minimum absolute atomic E-state index is 0.0394. The van der Waals surface area contributed by atoms with Crippen LogP contribution < -0.4 is 0 Å². The fourth-order valence-corrected chi connectivity index (χ4v) is 7.68. The van der Waals surface area contributed by atoms with E-state index < -0.39 is 26.8 Å². The van der Waals surface area contributed by atoms with E-state index in [2.05, 4.69) is 4.98 Å². The van der Waals surface area contributed by atoms with E-state index in [1.807, 2.05) is 0 Å². The molecular formula is C19H15ClFNO3S3. The average molecular weight is 456 g/mol. The first-order valence-corrected chi connectivity index (χ1v) is 12.5. The van der Waals surface area contributed by atoms with Crippen LogP contribution in [0.25, 0.3) is 10.6 Å². The number of nitrogens with zero attached hydrogens (tertiary/aromatic N) is 1. The molecule has 0 radical (unpaired) electrons. The first-order valence-electron chi connectivity index (χ1n) is 8.50. The molecule has 1 saturated carbocycles. The van der Waals surface area contributed by atoms with Gasteiger partial charge in [-0.15, -0.1) is 0 Å². The third-order valence-electron chi connectivity index (χ3n) is 4.33. The molecule has 4 nitrogen and oxygen atoms in total. The second-order valence-electron chi connectivity index (χ2n) is 6.53. The van der Waals surface area contributed by atoms with Gasteiger partial charge in [0.1, 0.15) is 16.6 Å². The van der Waals surface area contributed by atoms with Crippen LogP contribution in [0.15, 0.2) is 62.7 Å². The summed E-state index contributed by atoms with van der Waals surface area (Å²) in [5.41, 5.74) is 0.577. The third-order valence-corrected chi connectivity index (χ3v) is 9.62. The summed E-state index contributed by atoms with van der Waals surface area (Å²) in [6.07, 6.45) is 2.02. The molecule has 4 rings (SSSR count). The Balaban J connectivity index is 1.81. The van der Waals surface area contributed by atoms with E-state index >= 15 is 0 Å². The van der Waals surface area contributed by atoms with Gasteiger partial charge in [-0.1, -0.05) is 22.9 Å². The van der Waals surface area contributed by atoms with Crippen LogP contribution in [0.1, 0.15) is 12.8 Å². The van der Waals surface area contributed by atoms with Crippen LogP contribution in [0.5, 0.6) is 0 Å². The number of sulfone groups is 1. The van der Waals surface area contributed by atoms with Crippen molar-refractivity contribution in [3.05, 3.63) is 59.4 Å². The lowest BCUT2D eigenvalue weighted by Crippen LogP contribution is -2.12. The lowest BCUT2D eigenvalue weighted by atomic mass is 10.2. The first-order chi connectivity index (χ1) is 13.3. The molecule has 1 fully saturated rings. The first kappa shape index (κ1) is 19.8. The van der Waals surface area contributed by atoms with Crippen molar-refractivity contribution in [2.45, 2.75) is 27.0 Å². The van der Waals surface area contributed by atoms with Gasteiger partial charge in [-0.2, -0.15) is 0 Å². The second-order valence-corrected chi connectivity index (χ2v) is 11.5. The molecule has 1 atom stereocenters. The van der Waals surface area contributed by atoms with E-state index in [1.54, 1.807) is 0 Å². The Morgan fingerprint density at radius 1 is 1.14 bits per heavy atom. The molecule has 1 heterocycles. The molecule has 0 spiro atoms. The SMILES string of the molecule is O=S(=O)(c1ccc(Cl)cc1)c1nc(-c2ccc(F)cc2)sc1[S+]([O-])CC1CC1. The van der Waals surface area contributed by atoms with Crippen LogP contribution in [-0.4, -0.2) is 23.7 Å². The minimum atomic E-state index is -3.97. The predicted molar refractivity (Wildman–Crippen MR) is 108 cm³/mol. The highest BCUT2D eigenvalue weighted by Gasteiger charge is 2.36. The number of hydrogen-bond acceptors (Lipinski definition) is 5. The van der Waals surface area contributed by atoms with Crippen molar-refractivity contribution in [3.8, 4) is 10.6 Å². The number of halogens is 2. The molecule has 0 N–H and O–H groups in total. The summed E-state index contributed by atoms with van der Waals surface area (Å²) in [7, 11) is -3.97. The van der Waals surface area contributed by atoms with Crippen molar-refractivity contribution < 1.29 is 17.4 Å². The summed E-state index contributed by atoms with van der Waals surface area (Å²) in [6, 6.07) is 11.4. The Hall–Kier alpha value is -1.45. The van der Waals surface area contributed by atoms with E-state index in [1.165, 1.54) is 48.5 Å². The molecular weight excluding hydrogens is 441 g/mol. The molecule has 146 valence electrons. The van der Waals surface area contributed by atoms with Crippen LogP contribution in [0, 0.1) is 11.7 Å². The quantitative estimate of drug-likeness (QED) is 0.493. The smallest absolute Gasteiger partial charge is 0.246 e. The summed E-state index contributed by atoms with van der Waals surface area (Å²) in [5, 5.41) is 0.617. The van der Waals surface area contributed by atoms with Crippen molar-refractivity contribution >= 4 is 44.0 Å². The Morgan fingerprint density at radius 3 is 2.39 bits per heavy atom. The molecule has 0 saturated heterocycles. The Bertz CT molecular complexity index is 1090. The molecule has 1 aliphatic carbocycles.